The van der Waals surface area contributed by atoms with Crippen LogP contribution in [0.1, 0.15) is 44.6 Å². The maximum atomic E-state index is 9.28. The van der Waals surface area contributed by atoms with Crippen molar-refractivity contribution in [3.8, 4) is 11.8 Å². The Morgan fingerprint density at radius 2 is 2.00 bits per heavy atom. The summed E-state index contributed by atoms with van der Waals surface area (Å²) in [6, 6.07) is 11.1. The van der Waals surface area contributed by atoms with Crippen molar-refractivity contribution < 1.29 is 4.74 Å². The first-order valence-electron chi connectivity index (χ1n) is 7.50. The minimum Gasteiger partial charge on any atom is -0.494 e. The second-order valence-electron chi connectivity index (χ2n) is 5.98. The molecule has 3 nitrogen and oxygen atoms in total. The second kappa shape index (κ2) is 6.76. The number of ether oxygens (including phenoxy) is 1. The summed E-state index contributed by atoms with van der Waals surface area (Å²) >= 11 is 0. The predicted molar refractivity (Wildman–Crippen MR) is 80.7 cm³/mol. The fourth-order valence-electron chi connectivity index (χ4n) is 2.24. The summed E-state index contributed by atoms with van der Waals surface area (Å²) in [5.41, 5.74) is 0.874. The molecule has 0 aliphatic heterocycles. The van der Waals surface area contributed by atoms with Crippen LogP contribution in [0.2, 0.25) is 0 Å². The molecule has 0 saturated heterocycles. The molecular formula is C17H24N2O. The molecule has 1 aromatic rings. The van der Waals surface area contributed by atoms with Crippen LogP contribution in [0.15, 0.2) is 24.3 Å². The molecule has 20 heavy (non-hydrogen) atoms. The lowest BCUT2D eigenvalue weighted by Gasteiger charge is -2.23. The van der Waals surface area contributed by atoms with Gasteiger partial charge in [0.05, 0.1) is 12.7 Å². The van der Waals surface area contributed by atoms with Gasteiger partial charge in [0.15, 0.2) is 0 Å². The molecule has 3 heteroatoms. The van der Waals surface area contributed by atoms with Crippen molar-refractivity contribution in [1.29, 1.82) is 5.26 Å². The third kappa shape index (κ3) is 4.86. The normalized spacial score (nSPS) is 17.2. The zero-order chi connectivity index (χ0) is 14.4. The molecule has 0 bridgehead atoms. The highest BCUT2D eigenvalue weighted by atomic mass is 16.5. The van der Waals surface area contributed by atoms with Crippen LogP contribution in [-0.4, -0.2) is 18.2 Å². The second-order valence-corrected chi connectivity index (χ2v) is 5.98. The predicted octanol–water partition coefficient (Wildman–Crippen LogP) is 3.58. The quantitative estimate of drug-likeness (QED) is 0.736. The summed E-state index contributed by atoms with van der Waals surface area (Å²) in [7, 11) is 0. The minimum atomic E-state index is -0.370. The van der Waals surface area contributed by atoms with Crippen molar-refractivity contribution in [2.45, 2.75) is 57.5 Å². The lowest BCUT2D eigenvalue weighted by Crippen LogP contribution is -2.42. The topological polar surface area (TPSA) is 45.0 Å². The van der Waals surface area contributed by atoms with Gasteiger partial charge in [0.25, 0.3) is 0 Å². The van der Waals surface area contributed by atoms with Crippen LogP contribution in [0.25, 0.3) is 0 Å². The molecule has 1 fully saturated rings. The summed E-state index contributed by atoms with van der Waals surface area (Å²) in [4.78, 5) is 0. The molecule has 1 atom stereocenters. The highest BCUT2D eigenvalue weighted by Gasteiger charge is 2.31. The van der Waals surface area contributed by atoms with Gasteiger partial charge in [-0.2, -0.15) is 5.26 Å². The van der Waals surface area contributed by atoms with E-state index in [9.17, 15) is 5.26 Å². The molecule has 1 N–H and O–H groups in total. The average molecular weight is 272 g/mol. The fourth-order valence-corrected chi connectivity index (χ4v) is 2.24. The van der Waals surface area contributed by atoms with E-state index in [-0.39, 0.29) is 5.54 Å². The van der Waals surface area contributed by atoms with Crippen LogP contribution in [0, 0.1) is 18.3 Å². The van der Waals surface area contributed by atoms with Crippen LogP contribution >= 0.6 is 0 Å². The molecular weight excluding hydrogens is 248 g/mol. The Kier molecular flexibility index (Phi) is 5.03. The summed E-state index contributed by atoms with van der Waals surface area (Å²) in [5, 5.41) is 12.7. The molecule has 0 spiro atoms. The van der Waals surface area contributed by atoms with Gasteiger partial charge in [-0.25, -0.2) is 0 Å². The number of hydrogen-bond acceptors (Lipinski definition) is 3. The van der Waals surface area contributed by atoms with E-state index < -0.39 is 0 Å². The number of unbranched alkanes of at least 4 members (excludes halogenated alkanes) is 1. The maximum Gasteiger partial charge on any atom is 0.119 e. The largest absolute Gasteiger partial charge is 0.494 e. The Balaban J connectivity index is 1.63. The average Bonchev–Trinajstić information content (AvgIpc) is 3.24. The zero-order valence-electron chi connectivity index (χ0n) is 12.5. The number of aryl methyl sites for hydroxylation is 1. The monoisotopic (exact) mass is 272 g/mol. The van der Waals surface area contributed by atoms with E-state index in [4.69, 9.17) is 4.74 Å². The summed E-state index contributed by atoms with van der Waals surface area (Å²) in [6.07, 6.45) is 5.31. The van der Waals surface area contributed by atoms with E-state index in [0.717, 1.165) is 25.0 Å². The Labute approximate surface area is 121 Å². The SMILES string of the molecule is Cc1ccc(OCCCCC(C)(C#N)NC2CC2)cc1. The number of nitriles is 1. The number of benzene rings is 1. The fraction of sp³-hybridized carbons (Fsp3) is 0.588. The van der Waals surface area contributed by atoms with Crippen LogP contribution in [0.3, 0.4) is 0 Å². The smallest absolute Gasteiger partial charge is 0.119 e. The van der Waals surface area contributed by atoms with Crippen molar-refractivity contribution >= 4 is 0 Å². The van der Waals surface area contributed by atoms with E-state index in [1.807, 2.05) is 19.1 Å². The van der Waals surface area contributed by atoms with Crippen LogP contribution in [0.5, 0.6) is 5.75 Å². The number of hydrogen-bond donors (Lipinski definition) is 1. The lowest BCUT2D eigenvalue weighted by atomic mass is 9.96. The maximum absolute atomic E-state index is 9.28. The first-order valence-corrected chi connectivity index (χ1v) is 7.50. The molecule has 108 valence electrons. The number of nitrogens with zero attached hydrogens (tertiary/aromatic N) is 1. The van der Waals surface area contributed by atoms with E-state index in [1.165, 1.54) is 18.4 Å². The number of nitrogens with one attached hydrogen (secondary N) is 1. The van der Waals surface area contributed by atoms with Gasteiger partial charge in [-0.05, 0) is 58.1 Å². The van der Waals surface area contributed by atoms with E-state index in [2.05, 4.69) is 30.4 Å². The lowest BCUT2D eigenvalue weighted by molar-refractivity contribution is 0.295. The van der Waals surface area contributed by atoms with Gasteiger partial charge < -0.3 is 4.74 Å². The first-order chi connectivity index (χ1) is 9.61. The van der Waals surface area contributed by atoms with Crippen LogP contribution in [-0.2, 0) is 0 Å². The van der Waals surface area contributed by atoms with Crippen molar-refractivity contribution in [1.82, 2.24) is 5.32 Å². The van der Waals surface area contributed by atoms with Crippen molar-refractivity contribution in [2.24, 2.45) is 0 Å². The Morgan fingerprint density at radius 3 is 2.60 bits per heavy atom. The molecule has 1 saturated carbocycles. The zero-order valence-corrected chi connectivity index (χ0v) is 12.5. The number of rotatable bonds is 8. The Morgan fingerprint density at radius 1 is 1.30 bits per heavy atom. The summed E-state index contributed by atoms with van der Waals surface area (Å²) < 4.78 is 5.70. The highest BCUT2D eigenvalue weighted by Crippen LogP contribution is 2.24. The van der Waals surface area contributed by atoms with Gasteiger partial charge in [0, 0.05) is 6.04 Å². The van der Waals surface area contributed by atoms with E-state index >= 15 is 0 Å². The van der Waals surface area contributed by atoms with E-state index in [0.29, 0.717) is 12.6 Å². The van der Waals surface area contributed by atoms with Crippen LogP contribution in [0.4, 0.5) is 0 Å². The van der Waals surface area contributed by atoms with Gasteiger partial charge in [-0.3, -0.25) is 5.32 Å². The molecule has 0 radical (unpaired) electrons. The van der Waals surface area contributed by atoms with Crippen molar-refractivity contribution in [3.05, 3.63) is 29.8 Å². The molecule has 0 aromatic heterocycles. The third-order valence-corrected chi connectivity index (χ3v) is 3.71. The molecule has 1 aliphatic rings. The highest BCUT2D eigenvalue weighted by molar-refractivity contribution is 5.26. The van der Waals surface area contributed by atoms with Crippen molar-refractivity contribution in [3.63, 3.8) is 0 Å². The van der Waals surface area contributed by atoms with Gasteiger partial charge >= 0.3 is 0 Å². The van der Waals surface area contributed by atoms with Crippen LogP contribution < -0.4 is 10.1 Å². The third-order valence-electron chi connectivity index (χ3n) is 3.71. The molecule has 2 rings (SSSR count). The van der Waals surface area contributed by atoms with Gasteiger partial charge in [0.1, 0.15) is 11.3 Å². The van der Waals surface area contributed by atoms with Gasteiger partial charge in [-0.15, -0.1) is 0 Å². The minimum absolute atomic E-state index is 0.370. The Hall–Kier alpha value is -1.53. The standard InChI is InChI=1S/C17H24N2O/c1-14-5-9-16(10-6-14)20-12-4-3-11-17(2,13-18)19-15-7-8-15/h5-6,9-10,15,19H,3-4,7-8,11-12H2,1-2H3. The van der Waals surface area contributed by atoms with Gasteiger partial charge in [0.2, 0.25) is 0 Å². The molecule has 1 aromatic carbocycles. The van der Waals surface area contributed by atoms with Crippen molar-refractivity contribution in [2.75, 3.05) is 6.61 Å². The summed E-state index contributed by atoms with van der Waals surface area (Å²) in [5.74, 6) is 0.926. The molecule has 1 unspecified atom stereocenters. The molecule has 0 heterocycles. The first kappa shape index (κ1) is 14.9. The van der Waals surface area contributed by atoms with E-state index in [1.54, 1.807) is 0 Å². The Bertz CT molecular complexity index is 459. The van der Waals surface area contributed by atoms with Gasteiger partial charge in [-0.1, -0.05) is 17.7 Å². The molecule has 1 aliphatic carbocycles. The summed E-state index contributed by atoms with van der Waals surface area (Å²) in [6.45, 7) is 4.79. The molecule has 0 amide bonds.